The standard InChI is InChI=1S/C14H22O2/c1-11-6-5-7-13(14(2,3)4)12(11)10-16-9-8-15/h5-7,15H,8-10H2,1-4H3. The summed E-state index contributed by atoms with van der Waals surface area (Å²) < 4.78 is 5.44. The van der Waals surface area contributed by atoms with Gasteiger partial charge in [-0.15, -0.1) is 0 Å². The molecule has 1 N–H and O–H groups in total. The van der Waals surface area contributed by atoms with Gasteiger partial charge in [0.05, 0.1) is 19.8 Å². The molecule has 0 bridgehead atoms. The van der Waals surface area contributed by atoms with Crippen molar-refractivity contribution in [2.75, 3.05) is 13.2 Å². The van der Waals surface area contributed by atoms with Gasteiger partial charge in [0.15, 0.2) is 0 Å². The summed E-state index contributed by atoms with van der Waals surface area (Å²) in [4.78, 5) is 0. The van der Waals surface area contributed by atoms with Crippen molar-refractivity contribution in [3.8, 4) is 0 Å². The average Bonchev–Trinajstić information content (AvgIpc) is 2.19. The molecule has 0 aliphatic rings. The maximum absolute atomic E-state index is 8.72. The van der Waals surface area contributed by atoms with Crippen molar-refractivity contribution in [2.45, 2.75) is 39.7 Å². The van der Waals surface area contributed by atoms with Crippen LogP contribution in [0.3, 0.4) is 0 Å². The van der Waals surface area contributed by atoms with Gasteiger partial charge in [-0.05, 0) is 29.0 Å². The number of rotatable bonds is 4. The lowest BCUT2D eigenvalue weighted by Gasteiger charge is -2.24. The molecule has 0 spiro atoms. The summed E-state index contributed by atoms with van der Waals surface area (Å²) in [7, 11) is 0. The summed E-state index contributed by atoms with van der Waals surface area (Å²) in [6.07, 6.45) is 0. The number of aliphatic hydroxyl groups is 1. The van der Waals surface area contributed by atoms with Crippen molar-refractivity contribution in [2.24, 2.45) is 0 Å². The summed E-state index contributed by atoms with van der Waals surface area (Å²) in [5.74, 6) is 0. The van der Waals surface area contributed by atoms with Crippen molar-refractivity contribution in [1.29, 1.82) is 0 Å². The maximum Gasteiger partial charge on any atom is 0.0723 e. The summed E-state index contributed by atoms with van der Waals surface area (Å²) in [5.41, 5.74) is 3.96. The summed E-state index contributed by atoms with van der Waals surface area (Å²) in [6, 6.07) is 6.35. The van der Waals surface area contributed by atoms with E-state index in [4.69, 9.17) is 9.84 Å². The third kappa shape index (κ3) is 3.32. The summed E-state index contributed by atoms with van der Waals surface area (Å²) in [6.45, 7) is 9.79. The Morgan fingerprint density at radius 3 is 2.50 bits per heavy atom. The van der Waals surface area contributed by atoms with Crippen LogP contribution in [-0.4, -0.2) is 18.3 Å². The molecular weight excluding hydrogens is 200 g/mol. The molecule has 0 fully saturated rings. The Morgan fingerprint density at radius 1 is 1.25 bits per heavy atom. The van der Waals surface area contributed by atoms with Crippen LogP contribution < -0.4 is 0 Å². The predicted molar refractivity (Wildman–Crippen MR) is 66.6 cm³/mol. The fraction of sp³-hybridized carbons (Fsp3) is 0.571. The highest BCUT2D eigenvalue weighted by atomic mass is 16.5. The molecule has 0 radical (unpaired) electrons. The Balaban J connectivity index is 2.95. The van der Waals surface area contributed by atoms with Gasteiger partial charge >= 0.3 is 0 Å². The SMILES string of the molecule is Cc1cccc(C(C)(C)C)c1COCCO. The molecule has 1 rings (SSSR count). The van der Waals surface area contributed by atoms with E-state index in [1.165, 1.54) is 16.7 Å². The smallest absolute Gasteiger partial charge is 0.0723 e. The largest absolute Gasteiger partial charge is 0.394 e. The second-order valence-electron chi connectivity index (χ2n) is 5.13. The molecule has 0 aliphatic heterocycles. The van der Waals surface area contributed by atoms with E-state index in [1.807, 2.05) is 0 Å². The highest BCUT2D eigenvalue weighted by Gasteiger charge is 2.18. The molecule has 90 valence electrons. The van der Waals surface area contributed by atoms with Gasteiger partial charge in [0.2, 0.25) is 0 Å². The third-order valence-electron chi connectivity index (χ3n) is 2.70. The summed E-state index contributed by atoms with van der Waals surface area (Å²) in [5, 5.41) is 8.72. The van der Waals surface area contributed by atoms with E-state index in [0.29, 0.717) is 13.2 Å². The zero-order valence-electron chi connectivity index (χ0n) is 10.7. The number of hydrogen-bond donors (Lipinski definition) is 1. The monoisotopic (exact) mass is 222 g/mol. The molecule has 0 amide bonds. The number of aryl methyl sites for hydroxylation is 1. The van der Waals surface area contributed by atoms with Crippen molar-refractivity contribution in [3.63, 3.8) is 0 Å². The minimum Gasteiger partial charge on any atom is -0.394 e. The predicted octanol–water partition coefficient (Wildman–Crippen LogP) is 2.80. The van der Waals surface area contributed by atoms with E-state index in [9.17, 15) is 0 Å². The van der Waals surface area contributed by atoms with Crippen LogP contribution in [0, 0.1) is 6.92 Å². The van der Waals surface area contributed by atoms with Gasteiger partial charge in [0, 0.05) is 0 Å². The molecule has 0 saturated carbocycles. The quantitative estimate of drug-likeness (QED) is 0.794. The average molecular weight is 222 g/mol. The van der Waals surface area contributed by atoms with Crippen LogP contribution in [0.4, 0.5) is 0 Å². The number of ether oxygens (including phenoxy) is 1. The number of hydrogen-bond acceptors (Lipinski definition) is 2. The summed E-state index contributed by atoms with van der Waals surface area (Å²) >= 11 is 0. The van der Waals surface area contributed by atoms with E-state index in [-0.39, 0.29) is 12.0 Å². The minimum absolute atomic E-state index is 0.0801. The first-order valence-electron chi connectivity index (χ1n) is 5.74. The van der Waals surface area contributed by atoms with Crippen molar-refractivity contribution in [3.05, 3.63) is 34.9 Å². The molecule has 0 aromatic heterocycles. The zero-order valence-corrected chi connectivity index (χ0v) is 10.7. The fourth-order valence-corrected chi connectivity index (χ4v) is 1.84. The van der Waals surface area contributed by atoms with Gasteiger partial charge in [-0.3, -0.25) is 0 Å². The van der Waals surface area contributed by atoms with Crippen LogP contribution in [0.1, 0.15) is 37.5 Å². The molecule has 0 heterocycles. The minimum atomic E-state index is 0.0801. The van der Waals surface area contributed by atoms with Gasteiger partial charge in [0.1, 0.15) is 0 Å². The van der Waals surface area contributed by atoms with E-state index >= 15 is 0 Å². The first-order chi connectivity index (χ1) is 7.46. The van der Waals surface area contributed by atoms with Crippen molar-refractivity contribution in [1.82, 2.24) is 0 Å². The molecular formula is C14H22O2. The first kappa shape index (κ1) is 13.2. The molecule has 0 atom stereocenters. The molecule has 0 saturated heterocycles. The highest BCUT2D eigenvalue weighted by Crippen LogP contribution is 2.28. The van der Waals surface area contributed by atoms with Crippen LogP contribution >= 0.6 is 0 Å². The third-order valence-corrected chi connectivity index (χ3v) is 2.70. The van der Waals surface area contributed by atoms with Crippen molar-refractivity contribution < 1.29 is 9.84 Å². The first-order valence-corrected chi connectivity index (χ1v) is 5.74. The lowest BCUT2D eigenvalue weighted by Crippen LogP contribution is -2.16. The van der Waals surface area contributed by atoms with Crippen LogP contribution in [0.5, 0.6) is 0 Å². The Morgan fingerprint density at radius 2 is 1.94 bits per heavy atom. The van der Waals surface area contributed by atoms with Gasteiger partial charge in [-0.1, -0.05) is 39.0 Å². The lowest BCUT2D eigenvalue weighted by molar-refractivity contribution is 0.0805. The molecule has 16 heavy (non-hydrogen) atoms. The van der Waals surface area contributed by atoms with E-state index in [2.05, 4.69) is 45.9 Å². The topological polar surface area (TPSA) is 29.5 Å². The normalized spacial score (nSPS) is 11.8. The van der Waals surface area contributed by atoms with Crippen LogP contribution in [0.2, 0.25) is 0 Å². The van der Waals surface area contributed by atoms with Gasteiger partial charge < -0.3 is 9.84 Å². The number of aliphatic hydroxyl groups excluding tert-OH is 1. The highest BCUT2D eigenvalue weighted by molar-refractivity contribution is 5.38. The van der Waals surface area contributed by atoms with Crippen LogP contribution in [0.15, 0.2) is 18.2 Å². The van der Waals surface area contributed by atoms with Gasteiger partial charge in [-0.2, -0.15) is 0 Å². The Hall–Kier alpha value is -0.860. The Bertz CT molecular complexity index is 337. The molecule has 1 aromatic carbocycles. The Labute approximate surface area is 98.3 Å². The second-order valence-corrected chi connectivity index (χ2v) is 5.13. The fourth-order valence-electron chi connectivity index (χ4n) is 1.84. The van der Waals surface area contributed by atoms with Crippen molar-refractivity contribution >= 4 is 0 Å². The lowest BCUT2D eigenvalue weighted by atomic mass is 9.82. The number of benzene rings is 1. The van der Waals surface area contributed by atoms with Crippen LogP contribution in [0.25, 0.3) is 0 Å². The van der Waals surface area contributed by atoms with E-state index in [0.717, 1.165) is 0 Å². The van der Waals surface area contributed by atoms with E-state index < -0.39 is 0 Å². The molecule has 0 aliphatic carbocycles. The van der Waals surface area contributed by atoms with Gasteiger partial charge in [0.25, 0.3) is 0 Å². The van der Waals surface area contributed by atoms with Gasteiger partial charge in [-0.25, -0.2) is 0 Å². The molecule has 2 nitrogen and oxygen atoms in total. The molecule has 2 heteroatoms. The molecule has 0 unspecified atom stereocenters. The molecule has 1 aromatic rings. The second kappa shape index (κ2) is 5.46. The Kier molecular flexibility index (Phi) is 4.51. The maximum atomic E-state index is 8.72. The zero-order chi connectivity index (χ0) is 12.2. The van der Waals surface area contributed by atoms with E-state index in [1.54, 1.807) is 0 Å². The van der Waals surface area contributed by atoms with Crippen LogP contribution in [-0.2, 0) is 16.8 Å².